The van der Waals surface area contributed by atoms with E-state index in [0.717, 1.165) is 32.1 Å². The number of carbonyl (C=O) groups excluding carboxylic acids is 2. The van der Waals surface area contributed by atoms with Gasteiger partial charge in [0.15, 0.2) is 0 Å². The van der Waals surface area contributed by atoms with Crippen LogP contribution in [0.25, 0.3) is 0 Å². The lowest BCUT2D eigenvalue weighted by Gasteiger charge is -2.23. The SMILES string of the molecule is C=CCCCCCC[C@@H](NC(=O)[C@H](NC(C)=O)C(C)C)C(=O)O. The van der Waals surface area contributed by atoms with Crippen LogP contribution in [0.2, 0.25) is 0 Å². The van der Waals surface area contributed by atoms with Gasteiger partial charge in [0.1, 0.15) is 12.1 Å². The third-order valence-electron chi connectivity index (χ3n) is 3.57. The Bertz CT molecular complexity index is 407. The number of hydrogen-bond acceptors (Lipinski definition) is 3. The van der Waals surface area contributed by atoms with Crippen molar-refractivity contribution in [2.24, 2.45) is 5.92 Å². The molecule has 3 N–H and O–H groups in total. The summed E-state index contributed by atoms with van der Waals surface area (Å²) >= 11 is 0. The standard InChI is InChI=1S/C17H30N2O4/c1-5-6-7-8-9-10-11-14(17(22)23)19-16(21)15(12(2)3)18-13(4)20/h5,12,14-15H,1,6-11H2,2-4H3,(H,18,20)(H,19,21)(H,22,23)/t14-,15-/m1/s1. The van der Waals surface area contributed by atoms with Crippen molar-refractivity contribution < 1.29 is 19.5 Å². The first kappa shape index (κ1) is 21.1. The molecule has 0 aliphatic carbocycles. The van der Waals surface area contributed by atoms with E-state index in [2.05, 4.69) is 17.2 Å². The summed E-state index contributed by atoms with van der Waals surface area (Å²) in [6.07, 6.45) is 6.95. The molecule has 2 amide bonds. The maximum atomic E-state index is 12.2. The minimum absolute atomic E-state index is 0.118. The third-order valence-corrected chi connectivity index (χ3v) is 3.57. The average molecular weight is 326 g/mol. The van der Waals surface area contributed by atoms with E-state index in [9.17, 15) is 19.5 Å². The number of nitrogens with one attached hydrogen (secondary N) is 2. The Morgan fingerprint density at radius 2 is 1.70 bits per heavy atom. The van der Waals surface area contributed by atoms with Crippen molar-refractivity contribution >= 4 is 17.8 Å². The predicted molar refractivity (Wildman–Crippen MR) is 89.9 cm³/mol. The van der Waals surface area contributed by atoms with E-state index in [1.807, 2.05) is 6.08 Å². The first-order chi connectivity index (χ1) is 10.8. The Morgan fingerprint density at radius 3 is 2.17 bits per heavy atom. The van der Waals surface area contributed by atoms with Crippen LogP contribution in [-0.2, 0) is 14.4 Å². The van der Waals surface area contributed by atoms with Crippen LogP contribution in [-0.4, -0.2) is 35.0 Å². The van der Waals surface area contributed by atoms with Crippen molar-refractivity contribution in [2.75, 3.05) is 0 Å². The van der Waals surface area contributed by atoms with Crippen LogP contribution in [0.5, 0.6) is 0 Å². The minimum atomic E-state index is -1.05. The van der Waals surface area contributed by atoms with Crippen molar-refractivity contribution in [2.45, 2.75) is 71.4 Å². The summed E-state index contributed by atoms with van der Waals surface area (Å²) in [5, 5.41) is 14.3. The maximum Gasteiger partial charge on any atom is 0.326 e. The number of amides is 2. The molecule has 0 aromatic carbocycles. The molecular weight excluding hydrogens is 296 g/mol. The molecule has 0 aromatic rings. The first-order valence-electron chi connectivity index (χ1n) is 8.20. The van der Waals surface area contributed by atoms with E-state index in [4.69, 9.17) is 0 Å². The van der Waals surface area contributed by atoms with E-state index in [1.54, 1.807) is 13.8 Å². The molecule has 0 saturated carbocycles. The summed E-state index contributed by atoms with van der Waals surface area (Å²) in [4.78, 5) is 34.7. The van der Waals surface area contributed by atoms with Crippen LogP contribution in [0.1, 0.15) is 59.3 Å². The Hall–Kier alpha value is -1.85. The molecule has 0 aliphatic heterocycles. The number of carbonyl (C=O) groups is 3. The highest BCUT2D eigenvalue weighted by molar-refractivity contribution is 5.90. The lowest BCUT2D eigenvalue weighted by Crippen LogP contribution is -2.53. The molecule has 0 bridgehead atoms. The van der Waals surface area contributed by atoms with Crippen molar-refractivity contribution in [3.05, 3.63) is 12.7 Å². The predicted octanol–water partition coefficient (Wildman–Crippen LogP) is 2.24. The van der Waals surface area contributed by atoms with Gasteiger partial charge in [0.25, 0.3) is 0 Å². The molecule has 0 aromatic heterocycles. The number of allylic oxidation sites excluding steroid dienone is 1. The van der Waals surface area contributed by atoms with Gasteiger partial charge < -0.3 is 15.7 Å². The summed E-state index contributed by atoms with van der Waals surface area (Å²) in [7, 11) is 0. The van der Waals surface area contributed by atoms with Gasteiger partial charge >= 0.3 is 5.97 Å². The molecule has 0 rings (SSSR count). The molecule has 0 radical (unpaired) electrons. The molecule has 0 saturated heterocycles. The zero-order valence-corrected chi connectivity index (χ0v) is 14.4. The Kier molecular flexibility index (Phi) is 10.7. The third kappa shape index (κ3) is 9.71. The summed E-state index contributed by atoms with van der Waals surface area (Å²) in [5.41, 5.74) is 0. The zero-order chi connectivity index (χ0) is 17.8. The number of unbranched alkanes of at least 4 members (excludes halogenated alkanes) is 4. The maximum absolute atomic E-state index is 12.2. The molecule has 23 heavy (non-hydrogen) atoms. The fourth-order valence-corrected chi connectivity index (χ4v) is 2.26. The first-order valence-corrected chi connectivity index (χ1v) is 8.20. The molecule has 0 heterocycles. The summed E-state index contributed by atoms with van der Waals surface area (Å²) < 4.78 is 0. The monoisotopic (exact) mass is 326 g/mol. The fraction of sp³-hybridized carbons (Fsp3) is 0.706. The van der Waals surface area contributed by atoms with Crippen molar-refractivity contribution in [1.82, 2.24) is 10.6 Å². The largest absolute Gasteiger partial charge is 0.480 e. The second-order valence-electron chi connectivity index (χ2n) is 6.10. The van der Waals surface area contributed by atoms with Crippen molar-refractivity contribution in [3.8, 4) is 0 Å². The molecule has 0 fully saturated rings. The second kappa shape index (κ2) is 11.7. The van der Waals surface area contributed by atoms with Gasteiger partial charge in [-0.15, -0.1) is 6.58 Å². The van der Waals surface area contributed by atoms with Gasteiger partial charge in [0.05, 0.1) is 0 Å². The van der Waals surface area contributed by atoms with Crippen LogP contribution >= 0.6 is 0 Å². The number of carboxylic acid groups (broad SMARTS) is 1. The second-order valence-corrected chi connectivity index (χ2v) is 6.10. The van der Waals surface area contributed by atoms with Gasteiger partial charge in [-0.05, 0) is 25.2 Å². The number of hydrogen-bond donors (Lipinski definition) is 3. The smallest absolute Gasteiger partial charge is 0.326 e. The Morgan fingerprint density at radius 1 is 1.09 bits per heavy atom. The van der Waals surface area contributed by atoms with E-state index in [-0.39, 0.29) is 11.8 Å². The Labute approximate surface area is 138 Å². The van der Waals surface area contributed by atoms with Gasteiger partial charge in [-0.2, -0.15) is 0 Å². The van der Waals surface area contributed by atoms with Crippen molar-refractivity contribution in [1.29, 1.82) is 0 Å². The normalized spacial score (nSPS) is 13.2. The lowest BCUT2D eigenvalue weighted by atomic mass is 10.0. The molecule has 6 nitrogen and oxygen atoms in total. The van der Waals surface area contributed by atoms with Gasteiger partial charge in [0.2, 0.25) is 11.8 Å². The number of rotatable bonds is 12. The number of carboxylic acids is 1. The minimum Gasteiger partial charge on any atom is -0.480 e. The lowest BCUT2D eigenvalue weighted by molar-refractivity contribution is -0.142. The molecule has 6 heteroatoms. The van der Waals surface area contributed by atoms with Crippen LogP contribution in [0.3, 0.4) is 0 Å². The highest BCUT2D eigenvalue weighted by Gasteiger charge is 2.27. The van der Waals surface area contributed by atoms with E-state index in [1.165, 1.54) is 6.92 Å². The van der Waals surface area contributed by atoms with Crippen molar-refractivity contribution in [3.63, 3.8) is 0 Å². The topological polar surface area (TPSA) is 95.5 Å². The van der Waals surface area contributed by atoms with Crippen LogP contribution in [0, 0.1) is 5.92 Å². The van der Waals surface area contributed by atoms with Gasteiger partial charge in [-0.3, -0.25) is 9.59 Å². The van der Waals surface area contributed by atoms with Crippen LogP contribution in [0.15, 0.2) is 12.7 Å². The average Bonchev–Trinajstić information content (AvgIpc) is 2.46. The van der Waals surface area contributed by atoms with Crippen LogP contribution in [0.4, 0.5) is 0 Å². The van der Waals surface area contributed by atoms with Gasteiger partial charge in [-0.1, -0.05) is 39.2 Å². The molecule has 0 unspecified atom stereocenters. The molecule has 0 aliphatic rings. The quantitative estimate of drug-likeness (QED) is 0.378. The summed E-state index contributed by atoms with van der Waals surface area (Å²) in [5.74, 6) is -1.93. The van der Waals surface area contributed by atoms with Gasteiger partial charge in [-0.25, -0.2) is 4.79 Å². The molecule has 0 spiro atoms. The summed E-state index contributed by atoms with van der Waals surface area (Å²) in [6.45, 7) is 8.59. The zero-order valence-electron chi connectivity index (χ0n) is 14.4. The fourth-order valence-electron chi connectivity index (χ4n) is 2.26. The highest BCUT2D eigenvalue weighted by atomic mass is 16.4. The number of aliphatic carboxylic acids is 1. The van der Waals surface area contributed by atoms with E-state index >= 15 is 0 Å². The highest BCUT2D eigenvalue weighted by Crippen LogP contribution is 2.09. The van der Waals surface area contributed by atoms with E-state index < -0.39 is 24.0 Å². The molecule has 132 valence electrons. The van der Waals surface area contributed by atoms with E-state index in [0.29, 0.717) is 6.42 Å². The Balaban J connectivity index is 4.43. The molecule has 2 atom stereocenters. The van der Waals surface area contributed by atoms with Crippen LogP contribution < -0.4 is 10.6 Å². The molecular formula is C17H30N2O4. The van der Waals surface area contributed by atoms with Gasteiger partial charge in [0, 0.05) is 6.92 Å². The summed E-state index contributed by atoms with van der Waals surface area (Å²) in [6, 6.07) is -1.64.